The van der Waals surface area contributed by atoms with Crippen LogP contribution < -0.4 is 0 Å². The normalized spacial score (nSPS) is 12.3. The molecule has 0 spiro atoms. The predicted octanol–water partition coefficient (Wildman–Crippen LogP) is 1.54. The first-order valence-corrected chi connectivity index (χ1v) is 7.20. The number of rotatable bonds is 11. The molecule has 4 nitrogen and oxygen atoms in total. The van der Waals surface area contributed by atoms with Crippen molar-refractivity contribution in [2.24, 2.45) is 0 Å². The van der Waals surface area contributed by atoms with Crippen LogP contribution in [0.25, 0.3) is 0 Å². The van der Waals surface area contributed by atoms with Gasteiger partial charge >= 0.3 is 0 Å². The van der Waals surface area contributed by atoms with E-state index in [1.807, 2.05) is 18.2 Å². The lowest BCUT2D eigenvalue weighted by molar-refractivity contribution is 0.0244. The first-order valence-electron chi connectivity index (χ1n) is 7.20. The summed E-state index contributed by atoms with van der Waals surface area (Å²) in [6, 6.07) is 10.2. The van der Waals surface area contributed by atoms with E-state index in [1.54, 1.807) is 7.11 Å². The van der Waals surface area contributed by atoms with Crippen LogP contribution in [-0.4, -0.2) is 56.1 Å². The SMILES string of the molecule is C#CCOCC(O)CN(CCCOC)Cc1ccccc1. The number of hydrogen-bond donors (Lipinski definition) is 1. The highest BCUT2D eigenvalue weighted by molar-refractivity contribution is 5.14. The predicted molar refractivity (Wildman–Crippen MR) is 83.9 cm³/mol. The molecule has 0 aliphatic rings. The van der Waals surface area contributed by atoms with Gasteiger partial charge in [-0.05, 0) is 12.0 Å². The van der Waals surface area contributed by atoms with E-state index in [0.29, 0.717) is 6.54 Å². The maximum atomic E-state index is 10.0. The Hall–Kier alpha value is -1.38. The van der Waals surface area contributed by atoms with Gasteiger partial charge in [0.1, 0.15) is 6.61 Å². The summed E-state index contributed by atoms with van der Waals surface area (Å²) in [5.74, 6) is 2.39. The molecule has 0 saturated carbocycles. The number of aliphatic hydroxyl groups excluding tert-OH is 1. The first-order chi connectivity index (χ1) is 10.3. The van der Waals surface area contributed by atoms with Crippen LogP contribution in [0.4, 0.5) is 0 Å². The van der Waals surface area contributed by atoms with Gasteiger partial charge in [0.25, 0.3) is 0 Å². The lowest BCUT2D eigenvalue weighted by Gasteiger charge is -2.25. The third-order valence-electron chi connectivity index (χ3n) is 3.04. The Balaban J connectivity index is 2.45. The minimum Gasteiger partial charge on any atom is -0.389 e. The monoisotopic (exact) mass is 291 g/mol. The average molecular weight is 291 g/mol. The van der Waals surface area contributed by atoms with Gasteiger partial charge in [0.05, 0.1) is 12.7 Å². The van der Waals surface area contributed by atoms with Gasteiger partial charge in [-0.1, -0.05) is 36.3 Å². The van der Waals surface area contributed by atoms with Gasteiger partial charge in [-0.2, -0.15) is 0 Å². The van der Waals surface area contributed by atoms with Gasteiger partial charge in [0.2, 0.25) is 0 Å². The maximum absolute atomic E-state index is 10.0. The summed E-state index contributed by atoms with van der Waals surface area (Å²) in [5.41, 5.74) is 1.23. The molecule has 21 heavy (non-hydrogen) atoms. The number of benzene rings is 1. The Kier molecular flexibility index (Phi) is 9.51. The summed E-state index contributed by atoms with van der Waals surface area (Å²) in [5, 5.41) is 10.0. The number of terminal acetylenes is 1. The molecule has 1 aromatic rings. The van der Waals surface area contributed by atoms with Gasteiger partial charge in [0.15, 0.2) is 0 Å². The van der Waals surface area contributed by atoms with E-state index in [-0.39, 0.29) is 13.2 Å². The number of nitrogens with zero attached hydrogens (tertiary/aromatic N) is 1. The first kappa shape index (κ1) is 17.7. The summed E-state index contributed by atoms with van der Waals surface area (Å²) in [6.45, 7) is 3.45. The second-order valence-corrected chi connectivity index (χ2v) is 4.94. The van der Waals surface area contributed by atoms with Crippen LogP contribution in [0, 0.1) is 12.3 Å². The van der Waals surface area contributed by atoms with Gasteiger partial charge in [-0.25, -0.2) is 0 Å². The summed E-state index contributed by atoms with van der Waals surface area (Å²) < 4.78 is 10.3. The van der Waals surface area contributed by atoms with Crippen molar-refractivity contribution in [3.63, 3.8) is 0 Å². The molecule has 116 valence electrons. The van der Waals surface area contributed by atoms with E-state index in [9.17, 15) is 5.11 Å². The van der Waals surface area contributed by atoms with Crippen LogP contribution in [0.2, 0.25) is 0 Å². The molecule has 0 aliphatic carbocycles. The van der Waals surface area contributed by atoms with E-state index in [0.717, 1.165) is 26.1 Å². The fraction of sp³-hybridized carbons (Fsp3) is 0.529. The van der Waals surface area contributed by atoms with Crippen LogP contribution in [-0.2, 0) is 16.0 Å². The Morgan fingerprint density at radius 2 is 2.10 bits per heavy atom. The molecule has 0 fully saturated rings. The molecule has 0 heterocycles. The molecule has 1 N–H and O–H groups in total. The summed E-state index contributed by atoms with van der Waals surface area (Å²) >= 11 is 0. The molecule has 0 radical (unpaired) electrons. The molecule has 0 bridgehead atoms. The molecule has 1 rings (SSSR count). The van der Waals surface area contributed by atoms with E-state index >= 15 is 0 Å². The maximum Gasteiger partial charge on any atom is 0.107 e. The Labute approximate surface area is 127 Å². The Morgan fingerprint density at radius 1 is 1.33 bits per heavy atom. The Morgan fingerprint density at radius 3 is 2.76 bits per heavy atom. The summed E-state index contributed by atoms with van der Waals surface area (Å²) in [7, 11) is 1.70. The lowest BCUT2D eigenvalue weighted by Crippen LogP contribution is -2.35. The van der Waals surface area contributed by atoms with Crippen molar-refractivity contribution in [1.29, 1.82) is 0 Å². The van der Waals surface area contributed by atoms with E-state index in [2.05, 4.69) is 23.0 Å². The zero-order valence-electron chi connectivity index (χ0n) is 12.7. The molecule has 0 saturated heterocycles. The fourth-order valence-electron chi connectivity index (χ4n) is 2.11. The molecule has 4 heteroatoms. The third kappa shape index (κ3) is 8.49. The van der Waals surface area contributed by atoms with E-state index < -0.39 is 6.10 Å². The highest BCUT2D eigenvalue weighted by atomic mass is 16.5. The standard InChI is InChI=1S/C17H25NO3/c1-3-11-21-15-17(19)14-18(10-7-12-20-2)13-16-8-5-4-6-9-16/h1,4-6,8-9,17,19H,7,10-15H2,2H3. The quantitative estimate of drug-likeness (QED) is 0.496. The summed E-state index contributed by atoms with van der Waals surface area (Å²) in [4.78, 5) is 2.21. The average Bonchev–Trinajstić information content (AvgIpc) is 2.48. The topological polar surface area (TPSA) is 41.9 Å². The van der Waals surface area contributed by atoms with E-state index in [1.165, 1.54) is 5.56 Å². The molecule has 0 amide bonds. The van der Waals surface area contributed by atoms with Crippen LogP contribution in [0.1, 0.15) is 12.0 Å². The second kappa shape index (κ2) is 11.3. The highest BCUT2D eigenvalue weighted by Gasteiger charge is 2.12. The fourth-order valence-corrected chi connectivity index (χ4v) is 2.11. The number of aliphatic hydroxyl groups is 1. The zero-order valence-corrected chi connectivity index (χ0v) is 12.7. The van der Waals surface area contributed by atoms with Crippen molar-refractivity contribution in [2.45, 2.75) is 19.1 Å². The number of ether oxygens (including phenoxy) is 2. The van der Waals surface area contributed by atoms with Gasteiger partial charge in [-0.3, -0.25) is 4.90 Å². The summed E-state index contributed by atoms with van der Waals surface area (Å²) in [6.07, 6.45) is 5.51. The van der Waals surface area contributed by atoms with Crippen molar-refractivity contribution in [3.8, 4) is 12.3 Å². The highest BCUT2D eigenvalue weighted by Crippen LogP contribution is 2.06. The smallest absolute Gasteiger partial charge is 0.107 e. The molecular weight excluding hydrogens is 266 g/mol. The lowest BCUT2D eigenvalue weighted by atomic mass is 10.2. The van der Waals surface area contributed by atoms with Crippen molar-refractivity contribution >= 4 is 0 Å². The van der Waals surface area contributed by atoms with Crippen molar-refractivity contribution in [2.75, 3.05) is 40.0 Å². The van der Waals surface area contributed by atoms with Crippen LogP contribution in [0.5, 0.6) is 0 Å². The van der Waals surface area contributed by atoms with Crippen LogP contribution in [0.15, 0.2) is 30.3 Å². The van der Waals surface area contributed by atoms with Crippen molar-refractivity contribution in [3.05, 3.63) is 35.9 Å². The van der Waals surface area contributed by atoms with Crippen LogP contribution >= 0.6 is 0 Å². The number of hydrogen-bond acceptors (Lipinski definition) is 4. The largest absolute Gasteiger partial charge is 0.389 e. The third-order valence-corrected chi connectivity index (χ3v) is 3.04. The van der Waals surface area contributed by atoms with E-state index in [4.69, 9.17) is 15.9 Å². The van der Waals surface area contributed by atoms with Crippen molar-refractivity contribution in [1.82, 2.24) is 4.90 Å². The molecule has 0 aromatic heterocycles. The van der Waals surface area contributed by atoms with Crippen LogP contribution in [0.3, 0.4) is 0 Å². The number of methoxy groups -OCH3 is 1. The molecule has 1 aromatic carbocycles. The molecule has 0 aliphatic heterocycles. The molecule has 1 atom stereocenters. The molecule has 1 unspecified atom stereocenters. The van der Waals surface area contributed by atoms with Gasteiger partial charge < -0.3 is 14.6 Å². The molecular formula is C17H25NO3. The minimum absolute atomic E-state index is 0.236. The minimum atomic E-state index is -0.537. The zero-order chi connectivity index (χ0) is 15.3. The Bertz CT molecular complexity index is 402. The van der Waals surface area contributed by atoms with Gasteiger partial charge in [-0.15, -0.1) is 6.42 Å². The van der Waals surface area contributed by atoms with Crippen molar-refractivity contribution < 1.29 is 14.6 Å². The second-order valence-electron chi connectivity index (χ2n) is 4.94. The van der Waals surface area contributed by atoms with Gasteiger partial charge in [0, 0.05) is 33.4 Å².